The molecule has 2 heterocycles. The van der Waals surface area contributed by atoms with Crippen molar-refractivity contribution < 1.29 is 15.0 Å². The number of piperidine rings is 1. The Morgan fingerprint density at radius 2 is 2.14 bits per heavy atom. The summed E-state index contributed by atoms with van der Waals surface area (Å²) in [4.78, 5) is 13.9. The molecule has 0 radical (unpaired) electrons. The molecule has 2 rings (SSSR count). The van der Waals surface area contributed by atoms with Crippen LogP contribution in [-0.4, -0.2) is 55.6 Å². The van der Waals surface area contributed by atoms with Gasteiger partial charge in [-0.05, 0) is 39.2 Å². The third-order valence-corrected chi connectivity index (χ3v) is 4.60. The average molecular weight is 295 g/mol. The van der Waals surface area contributed by atoms with Crippen molar-refractivity contribution in [3.05, 3.63) is 17.0 Å². The van der Waals surface area contributed by atoms with Crippen LogP contribution < -0.4 is 0 Å². The van der Waals surface area contributed by atoms with Gasteiger partial charge in [-0.2, -0.15) is 5.10 Å². The van der Waals surface area contributed by atoms with Crippen LogP contribution in [0.3, 0.4) is 0 Å². The molecule has 1 aromatic rings. The summed E-state index contributed by atoms with van der Waals surface area (Å²) in [6, 6.07) is 0. The second kappa shape index (κ2) is 5.77. The Labute approximate surface area is 125 Å². The maximum absolute atomic E-state index is 12.3. The van der Waals surface area contributed by atoms with E-state index in [2.05, 4.69) is 5.10 Å². The molecule has 1 aliphatic heterocycles. The summed E-state index contributed by atoms with van der Waals surface area (Å²) in [6.45, 7) is 6.27. The summed E-state index contributed by atoms with van der Waals surface area (Å²) in [7, 11) is 1.90. The Balaban J connectivity index is 1.94. The maximum Gasteiger partial charge on any atom is 0.222 e. The normalized spacial score (nSPS) is 26.2. The zero-order chi connectivity index (χ0) is 15.8. The number of aliphatic hydroxyl groups excluding tert-OH is 1. The minimum Gasteiger partial charge on any atom is -0.388 e. The van der Waals surface area contributed by atoms with Crippen LogP contribution in [0.15, 0.2) is 0 Å². The molecule has 0 unspecified atom stereocenters. The van der Waals surface area contributed by atoms with E-state index in [1.807, 2.05) is 25.6 Å². The summed E-state index contributed by atoms with van der Waals surface area (Å²) < 4.78 is 1.83. The van der Waals surface area contributed by atoms with Gasteiger partial charge in [-0.3, -0.25) is 9.48 Å². The van der Waals surface area contributed by atoms with E-state index in [1.165, 1.54) is 0 Å². The van der Waals surface area contributed by atoms with Crippen molar-refractivity contribution in [1.82, 2.24) is 14.7 Å². The highest BCUT2D eigenvalue weighted by Gasteiger charge is 2.37. The topological polar surface area (TPSA) is 78.6 Å². The molecule has 0 spiro atoms. The fourth-order valence-corrected chi connectivity index (χ4v) is 2.82. The van der Waals surface area contributed by atoms with Crippen molar-refractivity contribution in [2.75, 3.05) is 13.1 Å². The van der Waals surface area contributed by atoms with Crippen molar-refractivity contribution in [2.45, 2.75) is 51.7 Å². The van der Waals surface area contributed by atoms with Crippen LogP contribution in [0.25, 0.3) is 0 Å². The fourth-order valence-electron chi connectivity index (χ4n) is 2.82. The van der Waals surface area contributed by atoms with Crippen LogP contribution in [0.4, 0.5) is 0 Å². The summed E-state index contributed by atoms with van der Waals surface area (Å²) in [5, 5.41) is 24.2. The molecule has 1 aromatic heterocycles. The van der Waals surface area contributed by atoms with Gasteiger partial charge in [0.2, 0.25) is 5.91 Å². The zero-order valence-corrected chi connectivity index (χ0v) is 13.3. The van der Waals surface area contributed by atoms with Gasteiger partial charge in [0, 0.05) is 32.3 Å². The standard InChI is InChI=1S/C15H25N3O3/c1-10-12(11(2)17(4)16-10)5-6-14(20)18-8-7-15(3,21)13(19)9-18/h13,19,21H,5-9H2,1-4H3/t13-,15-/m1/s1. The molecule has 0 aliphatic carbocycles. The highest BCUT2D eigenvalue weighted by Crippen LogP contribution is 2.23. The molecule has 6 nitrogen and oxygen atoms in total. The van der Waals surface area contributed by atoms with Crippen LogP contribution in [0.1, 0.15) is 36.7 Å². The third-order valence-electron chi connectivity index (χ3n) is 4.60. The number of likely N-dealkylation sites (tertiary alicyclic amines) is 1. The third kappa shape index (κ3) is 3.27. The SMILES string of the molecule is Cc1nn(C)c(C)c1CCC(=O)N1CC[C@@](C)(O)[C@H](O)C1. The van der Waals surface area contributed by atoms with Crippen molar-refractivity contribution in [3.8, 4) is 0 Å². The van der Waals surface area contributed by atoms with Crippen molar-refractivity contribution >= 4 is 5.91 Å². The number of nitrogens with zero attached hydrogens (tertiary/aromatic N) is 3. The highest BCUT2D eigenvalue weighted by atomic mass is 16.3. The van der Waals surface area contributed by atoms with Crippen LogP contribution in [0.5, 0.6) is 0 Å². The van der Waals surface area contributed by atoms with Gasteiger partial charge in [-0.25, -0.2) is 0 Å². The molecule has 2 atom stereocenters. The van der Waals surface area contributed by atoms with Crippen LogP contribution in [0.2, 0.25) is 0 Å². The number of β-amino-alcohol motifs (C(OH)–C–C–N with tert-alkyl or cyclic N) is 1. The van der Waals surface area contributed by atoms with Crippen LogP contribution >= 0.6 is 0 Å². The fraction of sp³-hybridized carbons (Fsp3) is 0.733. The van der Waals surface area contributed by atoms with Gasteiger partial charge in [-0.15, -0.1) is 0 Å². The number of aromatic nitrogens is 2. The number of hydrogen-bond donors (Lipinski definition) is 2. The molecule has 118 valence electrons. The van der Waals surface area contributed by atoms with E-state index >= 15 is 0 Å². The van der Waals surface area contributed by atoms with E-state index in [0.29, 0.717) is 25.8 Å². The Hall–Kier alpha value is -1.40. The summed E-state index contributed by atoms with van der Waals surface area (Å²) in [6.07, 6.45) is 0.595. The van der Waals surface area contributed by atoms with Crippen LogP contribution in [0, 0.1) is 13.8 Å². The Morgan fingerprint density at radius 3 is 2.67 bits per heavy atom. The molecule has 0 aromatic carbocycles. The van der Waals surface area contributed by atoms with Gasteiger partial charge in [0.1, 0.15) is 0 Å². The first kappa shape index (κ1) is 16.0. The number of carbonyl (C=O) groups excluding carboxylic acids is 1. The molecule has 1 amide bonds. The van der Waals surface area contributed by atoms with Gasteiger partial charge in [0.05, 0.1) is 17.4 Å². The molecule has 1 aliphatic rings. The van der Waals surface area contributed by atoms with Crippen molar-refractivity contribution in [2.24, 2.45) is 7.05 Å². The van der Waals surface area contributed by atoms with E-state index in [1.54, 1.807) is 11.8 Å². The van der Waals surface area contributed by atoms with Crippen LogP contribution in [-0.2, 0) is 18.3 Å². The smallest absolute Gasteiger partial charge is 0.222 e. The number of amides is 1. The van der Waals surface area contributed by atoms with Gasteiger partial charge in [0.15, 0.2) is 0 Å². The molecule has 6 heteroatoms. The minimum absolute atomic E-state index is 0.0206. The zero-order valence-electron chi connectivity index (χ0n) is 13.3. The predicted octanol–water partition coefficient (Wildman–Crippen LogP) is 0.314. The Bertz CT molecular complexity index is 537. The predicted molar refractivity (Wildman–Crippen MR) is 78.8 cm³/mol. The summed E-state index contributed by atoms with van der Waals surface area (Å²) in [5.41, 5.74) is 2.08. The van der Waals surface area contributed by atoms with Gasteiger partial charge in [-0.1, -0.05) is 0 Å². The lowest BCUT2D eigenvalue weighted by molar-refractivity contribution is -0.146. The molecule has 1 saturated heterocycles. The number of rotatable bonds is 3. The van der Waals surface area contributed by atoms with E-state index in [4.69, 9.17) is 0 Å². The first-order valence-electron chi connectivity index (χ1n) is 7.39. The summed E-state index contributed by atoms with van der Waals surface area (Å²) >= 11 is 0. The molecule has 1 fully saturated rings. The maximum atomic E-state index is 12.3. The number of carbonyl (C=O) groups is 1. The van der Waals surface area contributed by atoms with E-state index < -0.39 is 11.7 Å². The Kier molecular flexibility index (Phi) is 4.39. The minimum atomic E-state index is -1.09. The second-order valence-corrected chi connectivity index (χ2v) is 6.24. The van der Waals surface area contributed by atoms with E-state index in [0.717, 1.165) is 17.0 Å². The summed E-state index contributed by atoms with van der Waals surface area (Å²) in [5.74, 6) is 0.0206. The average Bonchev–Trinajstić information content (AvgIpc) is 2.64. The number of aliphatic hydroxyl groups is 2. The van der Waals surface area contributed by atoms with Gasteiger partial charge >= 0.3 is 0 Å². The first-order chi connectivity index (χ1) is 9.72. The highest BCUT2D eigenvalue weighted by molar-refractivity contribution is 5.76. The lowest BCUT2D eigenvalue weighted by Crippen LogP contribution is -2.55. The molecule has 2 N–H and O–H groups in total. The Morgan fingerprint density at radius 1 is 1.48 bits per heavy atom. The van der Waals surface area contributed by atoms with Gasteiger partial charge in [0.25, 0.3) is 0 Å². The molecule has 21 heavy (non-hydrogen) atoms. The molecular formula is C15H25N3O3. The number of aryl methyl sites for hydroxylation is 2. The van der Waals surface area contributed by atoms with Crippen molar-refractivity contribution in [3.63, 3.8) is 0 Å². The molecule has 0 bridgehead atoms. The number of hydrogen-bond acceptors (Lipinski definition) is 4. The van der Waals surface area contributed by atoms with Crippen molar-refractivity contribution in [1.29, 1.82) is 0 Å². The quantitative estimate of drug-likeness (QED) is 0.841. The van der Waals surface area contributed by atoms with E-state index in [-0.39, 0.29) is 12.5 Å². The lowest BCUT2D eigenvalue weighted by atomic mass is 9.90. The lowest BCUT2D eigenvalue weighted by Gasteiger charge is -2.40. The van der Waals surface area contributed by atoms with E-state index in [9.17, 15) is 15.0 Å². The molecular weight excluding hydrogens is 270 g/mol. The van der Waals surface area contributed by atoms with Gasteiger partial charge < -0.3 is 15.1 Å². The monoisotopic (exact) mass is 295 g/mol. The second-order valence-electron chi connectivity index (χ2n) is 6.24. The largest absolute Gasteiger partial charge is 0.388 e. The first-order valence-corrected chi connectivity index (χ1v) is 7.39. The molecule has 0 saturated carbocycles.